The first kappa shape index (κ1) is 21.3. The molecule has 0 heterocycles. The van der Waals surface area contributed by atoms with Crippen molar-refractivity contribution in [3.05, 3.63) is 0 Å². The van der Waals surface area contributed by atoms with E-state index in [1.54, 1.807) is 0 Å². The Kier molecular flexibility index (Phi) is 12.0. The Labute approximate surface area is 94.4 Å². The second-order valence-corrected chi connectivity index (χ2v) is 1.97. The molecule has 18 heavy (non-hydrogen) atoms. The van der Waals surface area contributed by atoms with Crippen LogP contribution in [0.25, 0.3) is 0 Å². The fourth-order valence-electron chi connectivity index (χ4n) is 0. The lowest BCUT2D eigenvalue weighted by Crippen LogP contribution is -2.21. The zero-order valence-corrected chi connectivity index (χ0v) is 8.12. The van der Waals surface area contributed by atoms with E-state index in [1.165, 1.54) is 0 Å². The zero-order valence-electron chi connectivity index (χ0n) is 8.12. The van der Waals surface area contributed by atoms with Crippen LogP contribution in [-0.4, -0.2) is 52.5 Å². The predicted octanol–water partition coefficient (Wildman–Crippen LogP) is 1.01. The Morgan fingerprint density at radius 1 is 1.00 bits per heavy atom. The molecule has 0 saturated carbocycles. The molecule has 12 heteroatoms. The summed E-state index contributed by atoms with van der Waals surface area (Å²) in [6, 6.07) is 0. The lowest BCUT2D eigenvalue weighted by molar-refractivity contribution is -0.192. The molecule has 0 aromatic carbocycles. The van der Waals surface area contributed by atoms with Crippen molar-refractivity contribution in [3.8, 4) is 0 Å². The number of carbonyl (C=O) groups is 3. The van der Waals surface area contributed by atoms with Crippen LogP contribution in [0.1, 0.15) is 0 Å². The van der Waals surface area contributed by atoms with Crippen LogP contribution in [-0.2, 0) is 14.4 Å². The van der Waals surface area contributed by atoms with E-state index in [9.17, 15) is 26.3 Å². The molecule has 108 valence electrons. The zero-order chi connectivity index (χ0) is 15.5. The van der Waals surface area contributed by atoms with Crippen LogP contribution in [0.15, 0.2) is 0 Å². The van der Waals surface area contributed by atoms with Gasteiger partial charge in [-0.2, -0.15) is 22.0 Å². The summed E-state index contributed by atoms with van der Waals surface area (Å²) in [4.78, 5) is 26.8. The van der Waals surface area contributed by atoms with E-state index in [4.69, 9.17) is 29.7 Å². The van der Waals surface area contributed by atoms with Crippen LogP contribution in [0.4, 0.5) is 26.3 Å². The summed E-state index contributed by atoms with van der Waals surface area (Å²) in [6.45, 7) is -1.28. The molecule has 0 aliphatic heterocycles. The van der Waals surface area contributed by atoms with Gasteiger partial charge in [0, 0.05) is 0 Å². The molecule has 0 spiro atoms. The van der Waals surface area contributed by atoms with Gasteiger partial charge in [0.05, 0.1) is 0 Å². The van der Waals surface area contributed by atoms with Crippen molar-refractivity contribution in [2.24, 2.45) is 0 Å². The van der Waals surface area contributed by atoms with Crippen molar-refractivity contribution in [2.45, 2.75) is 12.6 Å². The number of carboxylic acid groups (broad SMARTS) is 3. The fraction of sp³-hybridized carbons (Fsp3) is 0.500. The quantitative estimate of drug-likeness (QED) is 0.654. The summed E-state index contributed by atoms with van der Waals surface area (Å²) in [5.74, 6) is -6.24. The molecule has 0 aromatic rings. The summed E-state index contributed by atoms with van der Waals surface area (Å²) in [6.07, 6.45) is -8.31. The Morgan fingerprint density at radius 3 is 1.17 bits per heavy atom. The summed E-state index contributed by atoms with van der Waals surface area (Å²) < 4.78 is 63.4. The standard InChI is InChI=1S/C2HF3O2.C2H2F2O2.C2H3FO2/c3-2(4,5)1(6)7;3-1(4)2(5)6;3-1-2(4)5/h(H,6,7);1H,(H,5,6);1H2,(H,4,5). The molecule has 0 aliphatic carbocycles. The van der Waals surface area contributed by atoms with Crippen LogP contribution in [0.2, 0.25) is 0 Å². The molecule has 0 amide bonds. The average Bonchev–Trinajstić information content (AvgIpc) is 2.17. The van der Waals surface area contributed by atoms with E-state index in [0.29, 0.717) is 0 Å². The number of hydrogen-bond acceptors (Lipinski definition) is 3. The van der Waals surface area contributed by atoms with E-state index in [0.717, 1.165) is 0 Å². The van der Waals surface area contributed by atoms with Crippen LogP contribution in [0.3, 0.4) is 0 Å². The normalized spacial score (nSPS) is 9.50. The molecular weight excluding hydrogens is 282 g/mol. The molecule has 0 aliphatic rings. The lowest BCUT2D eigenvalue weighted by atomic mass is 10.7. The monoisotopic (exact) mass is 288 g/mol. The first-order chi connectivity index (χ1) is 7.86. The third-order valence-electron chi connectivity index (χ3n) is 0.543. The van der Waals surface area contributed by atoms with Crippen LogP contribution >= 0.6 is 0 Å². The molecule has 6 nitrogen and oxygen atoms in total. The van der Waals surface area contributed by atoms with Crippen molar-refractivity contribution in [1.82, 2.24) is 0 Å². The molecule has 0 saturated heterocycles. The van der Waals surface area contributed by atoms with Gasteiger partial charge in [-0.25, -0.2) is 18.8 Å². The van der Waals surface area contributed by atoms with Crippen molar-refractivity contribution < 1.29 is 56.0 Å². The fourth-order valence-corrected chi connectivity index (χ4v) is 0. The van der Waals surface area contributed by atoms with E-state index in [-0.39, 0.29) is 0 Å². The smallest absolute Gasteiger partial charge is 0.479 e. The second-order valence-electron chi connectivity index (χ2n) is 1.97. The number of hydrogen-bond donors (Lipinski definition) is 3. The van der Waals surface area contributed by atoms with E-state index < -0.39 is 37.2 Å². The molecule has 3 N–H and O–H groups in total. The van der Waals surface area contributed by atoms with Gasteiger partial charge in [-0.05, 0) is 0 Å². The van der Waals surface area contributed by atoms with Gasteiger partial charge in [0.25, 0.3) is 0 Å². The summed E-state index contributed by atoms with van der Waals surface area (Å²) in [5, 5.41) is 21.7. The van der Waals surface area contributed by atoms with Crippen LogP contribution in [0, 0.1) is 0 Å². The predicted molar refractivity (Wildman–Crippen MR) is 40.9 cm³/mol. The molecular formula is C6H6F6O6. The highest BCUT2D eigenvalue weighted by atomic mass is 19.4. The van der Waals surface area contributed by atoms with Gasteiger partial charge in [0.1, 0.15) is 0 Å². The molecule has 0 fully saturated rings. The third-order valence-corrected chi connectivity index (χ3v) is 0.543. The molecule has 0 bridgehead atoms. The second kappa shape index (κ2) is 10.2. The highest BCUT2D eigenvalue weighted by molar-refractivity contribution is 5.73. The van der Waals surface area contributed by atoms with Gasteiger partial charge in [-0.1, -0.05) is 0 Å². The van der Waals surface area contributed by atoms with Crippen molar-refractivity contribution in [2.75, 3.05) is 6.67 Å². The third kappa shape index (κ3) is 23.7. The largest absolute Gasteiger partial charge is 0.490 e. The van der Waals surface area contributed by atoms with Gasteiger partial charge >= 0.3 is 30.5 Å². The maximum atomic E-state index is 10.6. The Hall–Kier alpha value is -2.01. The molecule has 0 radical (unpaired) electrons. The number of alkyl halides is 6. The average molecular weight is 288 g/mol. The van der Waals surface area contributed by atoms with Gasteiger partial charge < -0.3 is 15.3 Å². The van der Waals surface area contributed by atoms with Crippen LogP contribution < -0.4 is 0 Å². The van der Waals surface area contributed by atoms with Crippen molar-refractivity contribution >= 4 is 17.9 Å². The number of aliphatic carboxylic acids is 3. The maximum Gasteiger partial charge on any atom is 0.490 e. The Balaban J connectivity index is -0.000000190. The van der Waals surface area contributed by atoms with Crippen LogP contribution in [0.5, 0.6) is 0 Å². The first-order valence-electron chi connectivity index (χ1n) is 3.45. The summed E-state index contributed by atoms with van der Waals surface area (Å²) in [7, 11) is 0. The van der Waals surface area contributed by atoms with E-state index in [1.807, 2.05) is 0 Å². The molecule has 0 atom stereocenters. The van der Waals surface area contributed by atoms with Gasteiger partial charge in [0.2, 0.25) is 0 Å². The summed E-state index contributed by atoms with van der Waals surface area (Å²) in [5.41, 5.74) is 0. The lowest BCUT2D eigenvalue weighted by Gasteiger charge is -1.93. The minimum atomic E-state index is -5.08. The summed E-state index contributed by atoms with van der Waals surface area (Å²) >= 11 is 0. The molecule has 0 unspecified atom stereocenters. The van der Waals surface area contributed by atoms with E-state index >= 15 is 0 Å². The van der Waals surface area contributed by atoms with E-state index in [2.05, 4.69) is 0 Å². The van der Waals surface area contributed by atoms with Gasteiger partial charge in [-0.15, -0.1) is 0 Å². The number of halogens is 6. The SMILES string of the molecule is O=C(O)C(F)(F)F.O=C(O)C(F)F.O=C(O)CF. The van der Waals surface area contributed by atoms with Crippen molar-refractivity contribution in [3.63, 3.8) is 0 Å². The molecule has 0 rings (SSSR count). The minimum absolute atomic E-state index is 1.28. The van der Waals surface area contributed by atoms with Crippen molar-refractivity contribution in [1.29, 1.82) is 0 Å². The highest BCUT2D eigenvalue weighted by Gasteiger charge is 2.38. The Bertz CT molecular complexity index is 274. The topological polar surface area (TPSA) is 112 Å². The highest BCUT2D eigenvalue weighted by Crippen LogP contribution is 2.13. The van der Waals surface area contributed by atoms with Gasteiger partial charge in [0.15, 0.2) is 6.67 Å². The number of carboxylic acids is 3. The molecule has 0 aromatic heterocycles. The number of rotatable bonds is 2. The minimum Gasteiger partial charge on any atom is -0.479 e. The van der Waals surface area contributed by atoms with Gasteiger partial charge in [-0.3, -0.25) is 0 Å². The maximum absolute atomic E-state index is 10.6. The first-order valence-corrected chi connectivity index (χ1v) is 3.45. The Morgan fingerprint density at radius 2 is 1.17 bits per heavy atom.